The number of carbonyl (C=O) groups is 3. The van der Waals surface area contributed by atoms with Gasteiger partial charge in [0.25, 0.3) is 0 Å². The first-order chi connectivity index (χ1) is 13.9. The molecule has 1 aromatic carbocycles. The predicted molar refractivity (Wildman–Crippen MR) is 107 cm³/mol. The van der Waals surface area contributed by atoms with Crippen LogP contribution in [-0.2, 0) is 20.8 Å². The molecule has 0 aliphatic carbocycles. The van der Waals surface area contributed by atoms with Gasteiger partial charge in [0.1, 0.15) is 5.75 Å². The van der Waals surface area contributed by atoms with E-state index < -0.39 is 5.41 Å². The number of ether oxygens (including phenoxy) is 1. The molecule has 4 rings (SSSR count). The predicted octanol–water partition coefficient (Wildman–Crippen LogP) is 1.17. The number of benzene rings is 1. The molecule has 3 heterocycles. The number of fused-ring (bicyclic) bond motifs is 1. The van der Waals surface area contributed by atoms with Crippen LogP contribution in [0.25, 0.3) is 0 Å². The highest BCUT2D eigenvalue weighted by Crippen LogP contribution is 2.44. The number of likely N-dealkylation sites (tertiary alicyclic amines) is 3. The SMILES string of the molecule is COc1ccc(CC(=O)N2C[C@@H]3CN(C(C)=O)C[C@]3(C(=O)N3CCCC3)C2)cc1. The molecular weight excluding hydrogens is 370 g/mol. The van der Waals surface area contributed by atoms with Gasteiger partial charge in [-0.1, -0.05) is 12.1 Å². The monoisotopic (exact) mass is 399 g/mol. The van der Waals surface area contributed by atoms with E-state index in [4.69, 9.17) is 4.74 Å². The first-order valence-corrected chi connectivity index (χ1v) is 10.4. The summed E-state index contributed by atoms with van der Waals surface area (Å²) in [5.74, 6) is 0.941. The molecule has 3 amide bonds. The molecule has 3 saturated heterocycles. The van der Waals surface area contributed by atoms with Crippen molar-refractivity contribution < 1.29 is 19.1 Å². The van der Waals surface area contributed by atoms with Crippen LogP contribution in [0.5, 0.6) is 5.75 Å². The molecule has 29 heavy (non-hydrogen) atoms. The minimum Gasteiger partial charge on any atom is -0.497 e. The lowest BCUT2D eigenvalue weighted by atomic mass is 9.79. The van der Waals surface area contributed by atoms with Gasteiger partial charge in [-0.05, 0) is 30.5 Å². The van der Waals surface area contributed by atoms with Gasteiger partial charge < -0.3 is 19.4 Å². The molecule has 0 aromatic heterocycles. The van der Waals surface area contributed by atoms with Crippen LogP contribution in [0.15, 0.2) is 24.3 Å². The van der Waals surface area contributed by atoms with Crippen molar-refractivity contribution in [2.75, 3.05) is 46.4 Å². The number of hydrogen-bond donors (Lipinski definition) is 0. The van der Waals surface area contributed by atoms with Crippen LogP contribution in [0.4, 0.5) is 0 Å². The Hall–Kier alpha value is -2.57. The van der Waals surface area contributed by atoms with Gasteiger partial charge in [-0.25, -0.2) is 0 Å². The maximum Gasteiger partial charge on any atom is 0.232 e. The van der Waals surface area contributed by atoms with Gasteiger partial charge in [-0.2, -0.15) is 0 Å². The largest absolute Gasteiger partial charge is 0.497 e. The van der Waals surface area contributed by atoms with E-state index >= 15 is 0 Å². The Morgan fingerprint density at radius 1 is 1.00 bits per heavy atom. The average Bonchev–Trinajstić information content (AvgIpc) is 3.42. The molecule has 7 heteroatoms. The number of nitrogens with zero attached hydrogens (tertiary/aromatic N) is 3. The zero-order valence-electron chi connectivity index (χ0n) is 17.2. The van der Waals surface area contributed by atoms with E-state index in [0.717, 1.165) is 37.2 Å². The van der Waals surface area contributed by atoms with Crippen LogP contribution >= 0.6 is 0 Å². The van der Waals surface area contributed by atoms with E-state index in [-0.39, 0.29) is 23.6 Å². The Morgan fingerprint density at radius 2 is 1.62 bits per heavy atom. The summed E-state index contributed by atoms with van der Waals surface area (Å²) >= 11 is 0. The first kappa shape index (κ1) is 19.7. The van der Waals surface area contributed by atoms with Crippen LogP contribution in [0.1, 0.15) is 25.3 Å². The zero-order valence-corrected chi connectivity index (χ0v) is 17.2. The molecule has 3 aliphatic heterocycles. The fraction of sp³-hybridized carbons (Fsp3) is 0.591. The summed E-state index contributed by atoms with van der Waals surface area (Å²) in [5.41, 5.74) is 0.282. The summed E-state index contributed by atoms with van der Waals surface area (Å²) in [4.78, 5) is 44.0. The maximum atomic E-state index is 13.5. The molecule has 0 spiro atoms. The Bertz CT molecular complexity index is 803. The second-order valence-electron chi connectivity index (χ2n) is 8.55. The molecule has 0 radical (unpaired) electrons. The van der Waals surface area contributed by atoms with Crippen LogP contribution < -0.4 is 4.74 Å². The van der Waals surface area contributed by atoms with Gasteiger partial charge in [0.15, 0.2) is 0 Å². The molecule has 3 fully saturated rings. The minimum absolute atomic E-state index is 0.00380. The summed E-state index contributed by atoms with van der Waals surface area (Å²) in [5, 5.41) is 0. The standard InChI is InChI=1S/C22H29N3O4/c1-16(26)24-12-18-13-25(20(27)11-17-5-7-19(29-2)8-6-17)15-22(18,14-24)21(28)23-9-3-4-10-23/h5-8,18H,3-4,9-15H2,1-2H3/t18-,22-/m0/s1. The second kappa shape index (κ2) is 7.69. The normalized spacial score (nSPS) is 26.0. The third-order valence-corrected chi connectivity index (χ3v) is 6.74. The molecule has 2 atom stereocenters. The smallest absolute Gasteiger partial charge is 0.232 e. The Kier molecular flexibility index (Phi) is 5.23. The van der Waals surface area contributed by atoms with Crippen molar-refractivity contribution in [2.45, 2.75) is 26.2 Å². The van der Waals surface area contributed by atoms with Gasteiger partial charge in [0, 0.05) is 52.1 Å². The minimum atomic E-state index is -0.647. The molecule has 0 bridgehead atoms. The highest BCUT2D eigenvalue weighted by molar-refractivity contribution is 5.88. The van der Waals surface area contributed by atoms with E-state index in [0.29, 0.717) is 32.6 Å². The lowest BCUT2D eigenvalue weighted by Gasteiger charge is -2.32. The van der Waals surface area contributed by atoms with E-state index in [9.17, 15) is 14.4 Å². The second-order valence-corrected chi connectivity index (χ2v) is 8.55. The van der Waals surface area contributed by atoms with Crippen molar-refractivity contribution in [3.8, 4) is 5.75 Å². The molecule has 0 unspecified atom stereocenters. The fourth-order valence-electron chi connectivity index (χ4n) is 5.06. The summed E-state index contributed by atoms with van der Waals surface area (Å²) in [6.07, 6.45) is 2.37. The highest BCUT2D eigenvalue weighted by atomic mass is 16.5. The molecule has 7 nitrogen and oxygen atoms in total. The highest BCUT2D eigenvalue weighted by Gasteiger charge is 2.59. The zero-order chi connectivity index (χ0) is 20.6. The van der Waals surface area contributed by atoms with Gasteiger partial charge in [-0.3, -0.25) is 14.4 Å². The molecule has 1 aromatic rings. The molecule has 156 valence electrons. The van der Waals surface area contributed by atoms with E-state index in [1.807, 2.05) is 34.1 Å². The summed E-state index contributed by atoms with van der Waals surface area (Å²) < 4.78 is 5.17. The summed E-state index contributed by atoms with van der Waals surface area (Å²) in [7, 11) is 1.62. The van der Waals surface area contributed by atoms with E-state index in [1.54, 1.807) is 18.9 Å². The van der Waals surface area contributed by atoms with Crippen LogP contribution in [0.3, 0.4) is 0 Å². The van der Waals surface area contributed by atoms with Crippen molar-refractivity contribution in [1.82, 2.24) is 14.7 Å². The van der Waals surface area contributed by atoms with E-state index in [2.05, 4.69) is 0 Å². The van der Waals surface area contributed by atoms with Crippen LogP contribution in [-0.4, -0.2) is 78.8 Å². The van der Waals surface area contributed by atoms with E-state index in [1.165, 1.54) is 0 Å². The topological polar surface area (TPSA) is 70.2 Å². The number of amides is 3. The first-order valence-electron chi connectivity index (χ1n) is 10.4. The number of rotatable bonds is 4. The third-order valence-electron chi connectivity index (χ3n) is 6.74. The number of hydrogen-bond acceptors (Lipinski definition) is 4. The molecular formula is C22H29N3O4. The number of carbonyl (C=O) groups excluding carboxylic acids is 3. The molecule has 0 saturated carbocycles. The van der Waals surface area contributed by atoms with Gasteiger partial charge in [0.05, 0.1) is 18.9 Å². The lowest BCUT2D eigenvalue weighted by molar-refractivity contribution is -0.142. The van der Waals surface area contributed by atoms with Gasteiger partial charge in [0.2, 0.25) is 17.7 Å². The average molecular weight is 399 g/mol. The van der Waals surface area contributed by atoms with Crippen molar-refractivity contribution in [1.29, 1.82) is 0 Å². The third kappa shape index (κ3) is 3.58. The summed E-state index contributed by atoms with van der Waals surface area (Å²) in [6, 6.07) is 7.50. The Morgan fingerprint density at radius 3 is 2.24 bits per heavy atom. The summed E-state index contributed by atoms with van der Waals surface area (Å²) in [6.45, 7) is 5.06. The van der Waals surface area contributed by atoms with Gasteiger partial charge >= 0.3 is 0 Å². The van der Waals surface area contributed by atoms with Crippen molar-refractivity contribution in [3.05, 3.63) is 29.8 Å². The number of methoxy groups -OCH3 is 1. The Balaban J connectivity index is 1.50. The van der Waals surface area contributed by atoms with Gasteiger partial charge in [-0.15, -0.1) is 0 Å². The fourth-order valence-corrected chi connectivity index (χ4v) is 5.06. The van der Waals surface area contributed by atoms with Crippen LogP contribution in [0, 0.1) is 11.3 Å². The van der Waals surface area contributed by atoms with Crippen molar-refractivity contribution in [2.24, 2.45) is 11.3 Å². The van der Waals surface area contributed by atoms with Crippen molar-refractivity contribution >= 4 is 17.7 Å². The van der Waals surface area contributed by atoms with Crippen LogP contribution in [0.2, 0.25) is 0 Å². The lowest BCUT2D eigenvalue weighted by Crippen LogP contribution is -2.49. The van der Waals surface area contributed by atoms with Crippen molar-refractivity contribution in [3.63, 3.8) is 0 Å². The maximum absolute atomic E-state index is 13.5. The molecule has 3 aliphatic rings. The Labute approximate surface area is 171 Å². The quantitative estimate of drug-likeness (QED) is 0.762. The molecule has 0 N–H and O–H groups in total.